The van der Waals surface area contributed by atoms with Gasteiger partial charge in [0.1, 0.15) is 5.82 Å². The molecule has 1 saturated heterocycles. The van der Waals surface area contributed by atoms with Gasteiger partial charge in [-0.05, 0) is 67.3 Å². The number of carbonyl (C=O) groups excluding carboxylic acids is 1. The molecule has 0 aliphatic carbocycles. The van der Waals surface area contributed by atoms with Gasteiger partial charge in [-0.15, -0.1) is 0 Å². The number of fused-ring (bicyclic) bond motifs is 1. The molecule has 0 aromatic heterocycles. The number of hydrogen-bond donors (Lipinski definition) is 0. The highest BCUT2D eigenvalue weighted by atomic mass is 32.2. The highest BCUT2D eigenvalue weighted by Gasteiger charge is 2.37. The zero-order valence-corrected chi connectivity index (χ0v) is 20.1. The van der Waals surface area contributed by atoms with E-state index in [1.165, 1.54) is 36.6 Å². The summed E-state index contributed by atoms with van der Waals surface area (Å²) < 4.78 is 66.5. The molecular formula is C22H26FN3O5S2. The number of hydrogen-bond acceptors (Lipinski definition) is 5. The second-order valence-corrected chi connectivity index (χ2v) is 12.6. The predicted molar refractivity (Wildman–Crippen MR) is 121 cm³/mol. The van der Waals surface area contributed by atoms with Crippen LogP contribution in [-0.2, 0) is 31.3 Å². The molecule has 8 nitrogen and oxygen atoms in total. The molecule has 2 aliphatic heterocycles. The molecule has 178 valence electrons. The minimum absolute atomic E-state index is 0.00171. The van der Waals surface area contributed by atoms with E-state index in [1.807, 2.05) is 0 Å². The normalized spacial score (nSPS) is 19.6. The minimum atomic E-state index is -3.83. The Morgan fingerprint density at radius 3 is 2.33 bits per heavy atom. The lowest BCUT2D eigenvalue weighted by atomic mass is 9.98. The zero-order chi connectivity index (χ0) is 24.0. The molecule has 2 aromatic carbocycles. The van der Waals surface area contributed by atoms with Gasteiger partial charge < -0.3 is 4.90 Å². The first kappa shape index (κ1) is 23.8. The number of halogens is 1. The van der Waals surface area contributed by atoms with Crippen molar-refractivity contribution in [1.29, 1.82) is 0 Å². The average molecular weight is 496 g/mol. The van der Waals surface area contributed by atoms with Crippen LogP contribution in [0.4, 0.5) is 10.1 Å². The van der Waals surface area contributed by atoms with Crippen LogP contribution in [0.5, 0.6) is 0 Å². The Labute approximate surface area is 193 Å². The van der Waals surface area contributed by atoms with E-state index in [0.717, 1.165) is 22.0 Å². The maximum Gasteiger partial charge on any atom is 0.243 e. The summed E-state index contributed by atoms with van der Waals surface area (Å²) in [5, 5.41) is 0. The van der Waals surface area contributed by atoms with E-state index in [1.54, 1.807) is 17.0 Å². The fourth-order valence-corrected chi connectivity index (χ4v) is 6.79. The van der Waals surface area contributed by atoms with E-state index in [4.69, 9.17) is 0 Å². The molecule has 0 radical (unpaired) electrons. The molecule has 0 bridgehead atoms. The Hall–Kier alpha value is -2.34. The van der Waals surface area contributed by atoms with E-state index in [9.17, 15) is 26.0 Å². The SMILES string of the molecule is CN(C)S(=O)(=O)c1ccc2c(c1)CCN2C(=O)[C@@H]1CCCN(S(=O)(=O)c2ccc(F)cc2)C1. The number of carbonyl (C=O) groups is 1. The van der Waals surface area contributed by atoms with Gasteiger partial charge in [-0.25, -0.2) is 25.5 Å². The molecule has 1 atom stereocenters. The minimum Gasteiger partial charge on any atom is -0.312 e. The molecule has 11 heteroatoms. The summed E-state index contributed by atoms with van der Waals surface area (Å²) in [7, 11) is -4.48. The third-order valence-electron chi connectivity index (χ3n) is 6.18. The smallest absolute Gasteiger partial charge is 0.243 e. The van der Waals surface area contributed by atoms with Crippen molar-refractivity contribution in [3.05, 3.63) is 53.8 Å². The molecule has 2 heterocycles. The molecule has 2 aromatic rings. The van der Waals surface area contributed by atoms with Crippen LogP contribution in [0.3, 0.4) is 0 Å². The quantitative estimate of drug-likeness (QED) is 0.633. The zero-order valence-electron chi connectivity index (χ0n) is 18.4. The third-order valence-corrected chi connectivity index (χ3v) is 9.87. The van der Waals surface area contributed by atoms with E-state index in [-0.39, 0.29) is 22.2 Å². The lowest BCUT2D eigenvalue weighted by Crippen LogP contribution is -2.46. The third kappa shape index (κ3) is 4.42. The highest BCUT2D eigenvalue weighted by molar-refractivity contribution is 7.89. The van der Waals surface area contributed by atoms with Gasteiger partial charge in [0, 0.05) is 39.4 Å². The van der Waals surface area contributed by atoms with Crippen LogP contribution in [0.25, 0.3) is 0 Å². The van der Waals surface area contributed by atoms with Crippen molar-refractivity contribution in [3.8, 4) is 0 Å². The van der Waals surface area contributed by atoms with Crippen LogP contribution in [0, 0.1) is 11.7 Å². The summed E-state index contributed by atoms with van der Waals surface area (Å²) in [6.45, 7) is 0.768. The van der Waals surface area contributed by atoms with Crippen LogP contribution >= 0.6 is 0 Å². The van der Waals surface area contributed by atoms with Gasteiger partial charge in [-0.3, -0.25) is 4.79 Å². The van der Waals surface area contributed by atoms with Crippen molar-refractivity contribution in [2.24, 2.45) is 5.92 Å². The first-order valence-corrected chi connectivity index (χ1v) is 13.5. The molecule has 0 spiro atoms. The van der Waals surface area contributed by atoms with Crippen molar-refractivity contribution >= 4 is 31.6 Å². The summed E-state index contributed by atoms with van der Waals surface area (Å²) in [6, 6.07) is 9.40. The van der Waals surface area contributed by atoms with Gasteiger partial charge in [0.25, 0.3) is 0 Å². The number of sulfonamides is 2. The van der Waals surface area contributed by atoms with Gasteiger partial charge in [-0.2, -0.15) is 4.31 Å². The Bertz CT molecular complexity index is 1280. The van der Waals surface area contributed by atoms with Crippen LogP contribution in [0.1, 0.15) is 18.4 Å². The Kier molecular flexibility index (Phi) is 6.34. The Balaban J connectivity index is 1.53. The molecule has 0 unspecified atom stereocenters. The fourth-order valence-electron chi connectivity index (χ4n) is 4.32. The summed E-state index contributed by atoms with van der Waals surface area (Å²) in [5.41, 5.74) is 1.44. The molecule has 2 aliphatic rings. The van der Waals surface area contributed by atoms with Gasteiger partial charge in [0.15, 0.2) is 0 Å². The second-order valence-electron chi connectivity index (χ2n) is 8.47. The van der Waals surface area contributed by atoms with Crippen molar-refractivity contribution in [2.45, 2.75) is 29.1 Å². The molecule has 0 N–H and O–H groups in total. The van der Waals surface area contributed by atoms with Crippen molar-refractivity contribution in [3.63, 3.8) is 0 Å². The van der Waals surface area contributed by atoms with Crippen LogP contribution in [-0.4, -0.2) is 65.1 Å². The molecule has 1 fully saturated rings. The fraction of sp³-hybridized carbons (Fsp3) is 0.409. The Morgan fingerprint density at radius 2 is 1.67 bits per heavy atom. The van der Waals surface area contributed by atoms with Gasteiger partial charge >= 0.3 is 0 Å². The molecule has 33 heavy (non-hydrogen) atoms. The first-order valence-electron chi connectivity index (χ1n) is 10.6. The average Bonchev–Trinajstić information content (AvgIpc) is 3.22. The van der Waals surface area contributed by atoms with Gasteiger partial charge in [0.2, 0.25) is 26.0 Å². The summed E-state index contributed by atoms with van der Waals surface area (Å²) in [4.78, 5) is 15.1. The van der Waals surface area contributed by atoms with E-state index in [0.29, 0.717) is 38.0 Å². The molecule has 1 amide bonds. The Morgan fingerprint density at radius 1 is 1.00 bits per heavy atom. The maximum absolute atomic E-state index is 13.3. The van der Waals surface area contributed by atoms with E-state index >= 15 is 0 Å². The number of rotatable bonds is 5. The van der Waals surface area contributed by atoms with Gasteiger partial charge in [-0.1, -0.05) is 0 Å². The number of amides is 1. The molecule has 4 rings (SSSR count). The maximum atomic E-state index is 13.3. The van der Waals surface area contributed by atoms with Crippen molar-refractivity contribution in [1.82, 2.24) is 8.61 Å². The molecular weight excluding hydrogens is 469 g/mol. The number of nitrogens with zero attached hydrogens (tertiary/aromatic N) is 3. The largest absolute Gasteiger partial charge is 0.312 e. The van der Waals surface area contributed by atoms with Crippen LogP contribution in [0.2, 0.25) is 0 Å². The second kappa shape index (κ2) is 8.79. The summed E-state index contributed by atoms with van der Waals surface area (Å²) in [5.74, 6) is -1.20. The summed E-state index contributed by atoms with van der Waals surface area (Å²) in [6.07, 6.45) is 1.63. The predicted octanol–water partition coefficient (Wildman–Crippen LogP) is 2.07. The summed E-state index contributed by atoms with van der Waals surface area (Å²) >= 11 is 0. The molecule has 0 saturated carbocycles. The number of piperidine rings is 1. The van der Waals surface area contributed by atoms with Crippen molar-refractivity contribution < 1.29 is 26.0 Å². The monoisotopic (exact) mass is 495 g/mol. The standard InChI is InChI=1S/C22H26FN3O5S2/c1-24(2)32(28,29)20-9-10-21-16(14-20)11-13-26(21)22(27)17-4-3-12-25(15-17)33(30,31)19-7-5-18(23)6-8-19/h5-10,14,17H,3-4,11-13,15H2,1-2H3/t17-/m1/s1. The highest BCUT2D eigenvalue weighted by Crippen LogP contribution is 2.34. The van der Waals surface area contributed by atoms with E-state index < -0.39 is 31.8 Å². The first-order chi connectivity index (χ1) is 15.5. The number of benzene rings is 2. The van der Waals surface area contributed by atoms with Crippen LogP contribution < -0.4 is 4.90 Å². The van der Waals surface area contributed by atoms with Crippen molar-refractivity contribution in [2.75, 3.05) is 38.6 Å². The topological polar surface area (TPSA) is 95.1 Å². The lowest BCUT2D eigenvalue weighted by molar-refractivity contribution is -0.123. The van der Waals surface area contributed by atoms with Crippen LogP contribution in [0.15, 0.2) is 52.3 Å². The lowest BCUT2D eigenvalue weighted by Gasteiger charge is -2.33. The number of anilines is 1. The van der Waals surface area contributed by atoms with Gasteiger partial charge in [0.05, 0.1) is 15.7 Å². The van der Waals surface area contributed by atoms with E-state index in [2.05, 4.69) is 0 Å².